The van der Waals surface area contributed by atoms with Crippen molar-refractivity contribution in [1.82, 2.24) is 5.32 Å². The molecule has 0 amide bonds. The Bertz CT molecular complexity index is 606. The van der Waals surface area contributed by atoms with Crippen LogP contribution >= 0.6 is 0 Å². The molecule has 0 aliphatic carbocycles. The van der Waals surface area contributed by atoms with Gasteiger partial charge in [0.1, 0.15) is 18.1 Å². The smallest absolute Gasteiger partial charge is 0.119 e. The van der Waals surface area contributed by atoms with E-state index >= 15 is 0 Å². The SMILES string of the molecule is COc1ccc(OCCNCc2cc(C)c(C)cc2C)cc1. The summed E-state index contributed by atoms with van der Waals surface area (Å²) in [6.07, 6.45) is 0. The molecule has 3 heteroatoms. The molecule has 0 heterocycles. The van der Waals surface area contributed by atoms with E-state index in [2.05, 4.69) is 38.2 Å². The summed E-state index contributed by atoms with van der Waals surface area (Å²) in [5.74, 6) is 1.71. The van der Waals surface area contributed by atoms with Crippen LogP contribution in [0.5, 0.6) is 11.5 Å². The third kappa shape index (κ3) is 4.50. The predicted octanol–water partition coefficient (Wildman–Crippen LogP) is 3.79. The minimum absolute atomic E-state index is 0.649. The van der Waals surface area contributed by atoms with Crippen molar-refractivity contribution in [2.24, 2.45) is 0 Å². The number of nitrogens with one attached hydrogen (secondary N) is 1. The highest BCUT2D eigenvalue weighted by molar-refractivity contribution is 5.36. The molecule has 0 spiro atoms. The number of aryl methyl sites for hydroxylation is 3. The molecular formula is C19H25NO2. The van der Waals surface area contributed by atoms with Crippen LogP contribution in [-0.4, -0.2) is 20.3 Å². The summed E-state index contributed by atoms with van der Waals surface area (Å²) < 4.78 is 10.8. The van der Waals surface area contributed by atoms with Gasteiger partial charge in [-0.1, -0.05) is 12.1 Å². The van der Waals surface area contributed by atoms with Crippen molar-refractivity contribution in [2.45, 2.75) is 27.3 Å². The average Bonchev–Trinajstić information content (AvgIpc) is 2.52. The van der Waals surface area contributed by atoms with Crippen LogP contribution < -0.4 is 14.8 Å². The van der Waals surface area contributed by atoms with Crippen molar-refractivity contribution in [3.63, 3.8) is 0 Å². The Morgan fingerprint density at radius 1 is 0.864 bits per heavy atom. The zero-order valence-corrected chi connectivity index (χ0v) is 13.9. The van der Waals surface area contributed by atoms with Crippen LogP contribution in [-0.2, 0) is 6.54 Å². The monoisotopic (exact) mass is 299 g/mol. The first-order valence-electron chi connectivity index (χ1n) is 7.64. The van der Waals surface area contributed by atoms with Gasteiger partial charge in [0.25, 0.3) is 0 Å². The van der Waals surface area contributed by atoms with E-state index in [1.165, 1.54) is 22.3 Å². The fraction of sp³-hybridized carbons (Fsp3) is 0.368. The molecule has 0 radical (unpaired) electrons. The van der Waals surface area contributed by atoms with Gasteiger partial charge >= 0.3 is 0 Å². The molecule has 2 rings (SSSR count). The second kappa shape index (κ2) is 7.85. The van der Waals surface area contributed by atoms with Gasteiger partial charge in [0.2, 0.25) is 0 Å². The van der Waals surface area contributed by atoms with Gasteiger partial charge in [-0.25, -0.2) is 0 Å². The minimum Gasteiger partial charge on any atom is -0.497 e. The molecule has 0 fully saturated rings. The lowest BCUT2D eigenvalue weighted by atomic mass is 10.0. The van der Waals surface area contributed by atoms with E-state index in [9.17, 15) is 0 Å². The lowest BCUT2D eigenvalue weighted by molar-refractivity contribution is 0.313. The van der Waals surface area contributed by atoms with E-state index in [0.717, 1.165) is 24.6 Å². The maximum Gasteiger partial charge on any atom is 0.119 e. The van der Waals surface area contributed by atoms with Gasteiger partial charge in [0.05, 0.1) is 7.11 Å². The second-order valence-electron chi connectivity index (χ2n) is 5.56. The van der Waals surface area contributed by atoms with Gasteiger partial charge in [-0.15, -0.1) is 0 Å². The zero-order valence-electron chi connectivity index (χ0n) is 13.9. The van der Waals surface area contributed by atoms with Crippen LogP contribution in [0, 0.1) is 20.8 Å². The molecule has 0 saturated carbocycles. The quantitative estimate of drug-likeness (QED) is 0.789. The van der Waals surface area contributed by atoms with Crippen LogP contribution in [0.15, 0.2) is 36.4 Å². The fourth-order valence-electron chi connectivity index (χ4n) is 2.35. The number of hydrogen-bond donors (Lipinski definition) is 1. The number of hydrogen-bond acceptors (Lipinski definition) is 3. The van der Waals surface area contributed by atoms with Gasteiger partial charge in [-0.2, -0.15) is 0 Å². The summed E-state index contributed by atoms with van der Waals surface area (Å²) >= 11 is 0. The number of benzene rings is 2. The summed E-state index contributed by atoms with van der Waals surface area (Å²) in [5.41, 5.74) is 5.39. The zero-order chi connectivity index (χ0) is 15.9. The van der Waals surface area contributed by atoms with Crippen LogP contribution in [0.1, 0.15) is 22.3 Å². The normalized spacial score (nSPS) is 10.5. The summed E-state index contributed by atoms with van der Waals surface area (Å²) in [5, 5.41) is 3.43. The number of rotatable bonds is 7. The molecule has 0 saturated heterocycles. The minimum atomic E-state index is 0.649. The Hall–Kier alpha value is -2.00. The molecule has 22 heavy (non-hydrogen) atoms. The van der Waals surface area contributed by atoms with Crippen LogP contribution in [0.3, 0.4) is 0 Å². The van der Waals surface area contributed by atoms with Crippen molar-refractivity contribution >= 4 is 0 Å². The lowest BCUT2D eigenvalue weighted by Crippen LogP contribution is -2.21. The summed E-state index contributed by atoms with van der Waals surface area (Å²) in [6, 6.07) is 12.2. The van der Waals surface area contributed by atoms with E-state index in [0.29, 0.717) is 6.61 Å². The van der Waals surface area contributed by atoms with Gasteiger partial charge < -0.3 is 14.8 Å². The molecule has 118 valence electrons. The molecule has 2 aromatic carbocycles. The molecule has 0 aliphatic rings. The highest BCUT2D eigenvalue weighted by Gasteiger charge is 2.01. The van der Waals surface area contributed by atoms with E-state index in [1.807, 2.05) is 24.3 Å². The molecule has 0 aromatic heterocycles. The molecule has 0 atom stereocenters. The van der Waals surface area contributed by atoms with Crippen molar-refractivity contribution in [3.8, 4) is 11.5 Å². The summed E-state index contributed by atoms with van der Waals surface area (Å²) in [4.78, 5) is 0. The predicted molar refractivity (Wildman–Crippen MR) is 90.8 cm³/mol. The third-order valence-electron chi connectivity index (χ3n) is 3.87. The third-order valence-corrected chi connectivity index (χ3v) is 3.87. The summed E-state index contributed by atoms with van der Waals surface area (Å²) in [6.45, 7) is 8.82. The maximum absolute atomic E-state index is 5.70. The lowest BCUT2D eigenvalue weighted by Gasteiger charge is -2.12. The Morgan fingerprint density at radius 2 is 1.50 bits per heavy atom. The number of ether oxygens (including phenoxy) is 2. The van der Waals surface area contributed by atoms with Crippen LogP contribution in [0.4, 0.5) is 0 Å². The van der Waals surface area contributed by atoms with Crippen molar-refractivity contribution in [1.29, 1.82) is 0 Å². The molecule has 0 bridgehead atoms. The summed E-state index contributed by atoms with van der Waals surface area (Å²) in [7, 11) is 1.66. The maximum atomic E-state index is 5.70. The van der Waals surface area contributed by atoms with Gasteiger partial charge in [-0.05, 0) is 67.3 Å². The van der Waals surface area contributed by atoms with Crippen molar-refractivity contribution < 1.29 is 9.47 Å². The second-order valence-corrected chi connectivity index (χ2v) is 5.56. The standard InChI is InChI=1S/C19H25NO2/c1-14-11-16(3)17(12-15(14)2)13-20-9-10-22-19-7-5-18(21-4)6-8-19/h5-8,11-12,20H,9-10,13H2,1-4H3. The molecular weight excluding hydrogens is 274 g/mol. The van der Waals surface area contributed by atoms with Crippen molar-refractivity contribution in [2.75, 3.05) is 20.3 Å². The Labute approximate surface area is 133 Å². The van der Waals surface area contributed by atoms with Gasteiger partial charge in [0, 0.05) is 13.1 Å². The van der Waals surface area contributed by atoms with E-state index in [-0.39, 0.29) is 0 Å². The molecule has 3 nitrogen and oxygen atoms in total. The first kappa shape index (κ1) is 16.4. The van der Waals surface area contributed by atoms with Gasteiger partial charge in [0.15, 0.2) is 0 Å². The van der Waals surface area contributed by atoms with Crippen molar-refractivity contribution in [3.05, 3.63) is 58.7 Å². The van der Waals surface area contributed by atoms with Gasteiger partial charge in [-0.3, -0.25) is 0 Å². The van der Waals surface area contributed by atoms with Crippen LogP contribution in [0.25, 0.3) is 0 Å². The highest BCUT2D eigenvalue weighted by Crippen LogP contribution is 2.17. The first-order chi connectivity index (χ1) is 10.6. The molecule has 0 aliphatic heterocycles. The Kier molecular flexibility index (Phi) is 5.84. The molecule has 1 N–H and O–H groups in total. The highest BCUT2D eigenvalue weighted by atomic mass is 16.5. The van der Waals surface area contributed by atoms with Crippen LogP contribution in [0.2, 0.25) is 0 Å². The molecule has 2 aromatic rings. The van der Waals surface area contributed by atoms with E-state index in [4.69, 9.17) is 9.47 Å². The Balaban J connectivity index is 1.74. The largest absolute Gasteiger partial charge is 0.497 e. The first-order valence-corrected chi connectivity index (χ1v) is 7.64. The average molecular weight is 299 g/mol. The van der Waals surface area contributed by atoms with E-state index < -0.39 is 0 Å². The fourth-order valence-corrected chi connectivity index (χ4v) is 2.35. The Morgan fingerprint density at radius 3 is 2.18 bits per heavy atom. The number of methoxy groups -OCH3 is 1. The molecule has 0 unspecified atom stereocenters. The van der Waals surface area contributed by atoms with E-state index in [1.54, 1.807) is 7.11 Å². The topological polar surface area (TPSA) is 30.5 Å².